The van der Waals surface area contributed by atoms with Crippen molar-refractivity contribution in [1.29, 1.82) is 0 Å². The minimum atomic E-state index is -0.414. The van der Waals surface area contributed by atoms with E-state index in [0.717, 1.165) is 12.8 Å². The Hall–Kier alpha value is -1.51. The fourth-order valence-corrected chi connectivity index (χ4v) is 2.85. The minimum absolute atomic E-state index is 0.172. The number of amides is 1. The van der Waals surface area contributed by atoms with E-state index in [4.69, 9.17) is 4.74 Å². The molecule has 0 saturated carbocycles. The monoisotopic (exact) mass is 245 g/mol. The van der Waals surface area contributed by atoms with Gasteiger partial charge in [-0.05, 0) is 44.7 Å². The Morgan fingerprint density at radius 3 is 2.78 bits per heavy atom. The first kappa shape index (κ1) is 11.6. The summed E-state index contributed by atoms with van der Waals surface area (Å²) in [5.74, 6) is 0. The molecular weight excluding hydrogens is 226 g/mol. The maximum atomic E-state index is 12.1. The van der Waals surface area contributed by atoms with Gasteiger partial charge in [0, 0.05) is 0 Å². The third-order valence-electron chi connectivity index (χ3n) is 3.62. The van der Waals surface area contributed by atoms with Gasteiger partial charge >= 0.3 is 6.09 Å². The molecule has 0 spiro atoms. The summed E-state index contributed by atoms with van der Waals surface area (Å²) in [7, 11) is 0. The molecule has 1 aromatic rings. The first-order chi connectivity index (χ1) is 8.47. The molecule has 1 aromatic carbocycles. The summed E-state index contributed by atoms with van der Waals surface area (Å²) in [4.78, 5) is 14.0. The number of aryl methyl sites for hydroxylation is 1. The van der Waals surface area contributed by atoms with E-state index in [2.05, 4.69) is 18.2 Å². The Bertz CT molecular complexity index is 490. The van der Waals surface area contributed by atoms with Crippen LogP contribution in [0.3, 0.4) is 0 Å². The lowest BCUT2D eigenvalue weighted by Crippen LogP contribution is -2.27. The second-order valence-electron chi connectivity index (χ2n) is 6.14. The van der Waals surface area contributed by atoms with Gasteiger partial charge in [-0.3, -0.25) is 4.90 Å². The Morgan fingerprint density at radius 2 is 2.06 bits per heavy atom. The number of rotatable bonds is 0. The lowest BCUT2D eigenvalue weighted by atomic mass is 9.92. The summed E-state index contributed by atoms with van der Waals surface area (Å²) in [5, 5.41) is 0. The van der Waals surface area contributed by atoms with Gasteiger partial charge in [0.25, 0.3) is 0 Å². The first-order valence-electron chi connectivity index (χ1n) is 6.56. The van der Waals surface area contributed by atoms with E-state index in [9.17, 15) is 4.79 Å². The van der Waals surface area contributed by atoms with Gasteiger partial charge in [-0.1, -0.05) is 24.3 Å². The predicted molar refractivity (Wildman–Crippen MR) is 69.4 cm³/mol. The second kappa shape index (κ2) is 3.74. The van der Waals surface area contributed by atoms with Crippen LogP contribution in [0.25, 0.3) is 0 Å². The molecule has 1 fully saturated rings. The zero-order valence-corrected chi connectivity index (χ0v) is 11.1. The minimum Gasteiger partial charge on any atom is -0.444 e. The van der Waals surface area contributed by atoms with Crippen molar-refractivity contribution in [3.8, 4) is 0 Å². The van der Waals surface area contributed by atoms with Crippen LogP contribution in [-0.4, -0.2) is 22.6 Å². The molecule has 0 bridgehead atoms. The van der Waals surface area contributed by atoms with Crippen molar-refractivity contribution < 1.29 is 9.53 Å². The van der Waals surface area contributed by atoms with Crippen molar-refractivity contribution in [1.82, 2.24) is 4.90 Å². The Kier molecular flexibility index (Phi) is 2.40. The Balaban J connectivity index is 1.79. The van der Waals surface area contributed by atoms with Gasteiger partial charge in [0.1, 0.15) is 5.60 Å². The van der Waals surface area contributed by atoms with Crippen LogP contribution in [-0.2, 0) is 11.2 Å². The highest BCUT2D eigenvalue weighted by atomic mass is 16.6. The molecule has 0 N–H and O–H groups in total. The number of ether oxygens (including phenoxy) is 1. The quantitative estimate of drug-likeness (QED) is 0.656. The summed E-state index contributed by atoms with van der Waals surface area (Å²) < 4.78 is 5.46. The number of nitrogens with zero attached hydrogens (tertiary/aromatic N) is 1. The summed E-state index contributed by atoms with van der Waals surface area (Å²) in [5.41, 5.74) is 2.27. The van der Waals surface area contributed by atoms with E-state index in [1.807, 2.05) is 31.7 Å². The number of fused-ring (bicyclic) bond motifs is 3. The van der Waals surface area contributed by atoms with Crippen molar-refractivity contribution in [2.75, 3.05) is 0 Å². The van der Waals surface area contributed by atoms with Crippen molar-refractivity contribution >= 4 is 6.09 Å². The third kappa shape index (κ3) is 1.88. The smallest absolute Gasteiger partial charge is 0.411 e. The fraction of sp³-hybridized carbons (Fsp3) is 0.533. The van der Waals surface area contributed by atoms with Crippen LogP contribution in [0.4, 0.5) is 4.79 Å². The van der Waals surface area contributed by atoms with Gasteiger partial charge < -0.3 is 4.74 Å². The average molecular weight is 245 g/mol. The van der Waals surface area contributed by atoms with E-state index in [0.29, 0.717) is 6.04 Å². The molecular formula is C15H19NO2. The van der Waals surface area contributed by atoms with Crippen LogP contribution in [0.1, 0.15) is 44.4 Å². The third-order valence-corrected chi connectivity index (χ3v) is 3.62. The van der Waals surface area contributed by atoms with Crippen LogP contribution in [0.2, 0.25) is 0 Å². The van der Waals surface area contributed by atoms with Gasteiger partial charge in [0.15, 0.2) is 0 Å². The molecule has 2 aliphatic rings. The summed E-state index contributed by atoms with van der Waals surface area (Å²) in [6.07, 6.45) is 1.95. The zero-order valence-electron chi connectivity index (χ0n) is 11.1. The maximum Gasteiger partial charge on any atom is 0.411 e. The highest BCUT2D eigenvalue weighted by Gasteiger charge is 2.55. The molecule has 2 unspecified atom stereocenters. The standard InChI is InChI=1S/C15H19NO2/c1-15(2,3)18-14(17)16-12-9-8-10-6-4-5-7-11(10)13(12)16/h4-7,12-13H,8-9H2,1-3H3. The summed E-state index contributed by atoms with van der Waals surface area (Å²) >= 11 is 0. The first-order valence-corrected chi connectivity index (χ1v) is 6.56. The molecule has 0 radical (unpaired) electrons. The molecule has 3 heteroatoms. The molecule has 3 rings (SSSR count). The molecule has 1 heterocycles. The van der Waals surface area contributed by atoms with E-state index in [1.165, 1.54) is 11.1 Å². The molecule has 0 aromatic heterocycles. The second-order valence-corrected chi connectivity index (χ2v) is 6.14. The lowest BCUT2D eigenvalue weighted by molar-refractivity contribution is 0.0393. The van der Waals surface area contributed by atoms with Crippen LogP contribution in [0.5, 0.6) is 0 Å². The molecule has 3 nitrogen and oxygen atoms in total. The Morgan fingerprint density at radius 1 is 1.33 bits per heavy atom. The normalized spacial score (nSPS) is 25.2. The largest absolute Gasteiger partial charge is 0.444 e. The van der Waals surface area contributed by atoms with Crippen molar-refractivity contribution in [2.24, 2.45) is 0 Å². The number of hydrogen-bond acceptors (Lipinski definition) is 2. The molecule has 1 aliphatic carbocycles. The highest BCUT2D eigenvalue weighted by molar-refractivity contribution is 5.73. The molecule has 96 valence electrons. The van der Waals surface area contributed by atoms with Crippen LogP contribution in [0, 0.1) is 0 Å². The predicted octanol–water partition coefficient (Wildman–Crippen LogP) is 3.29. The number of benzene rings is 1. The van der Waals surface area contributed by atoms with Gasteiger partial charge in [-0.2, -0.15) is 0 Å². The molecule has 18 heavy (non-hydrogen) atoms. The van der Waals surface area contributed by atoms with E-state index in [-0.39, 0.29) is 12.1 Å². The number of carbonyl (C=O) groups excluding carboxylic acids is 1. The highest BCUT2D eigenvalue weighted by Crippen LogP contribution is 2.50. The van der Waals surface area contributed by atoms with Crippen molar-refractivity contribution in [2.45, 2.75) is 51.3 Å². The topological polar surface area (TPSA) is 29.3 Å². The van der Waals surface area contributed by atoms with E-state index >= 15 is 0 Å². The van der Waals surface area contributed by atoms with Crippen molar-refractivity contribution in [3.05, 3.63) is 35.4 Å². The molecule has 1 amide bonds. The maximum absolute atomic E-state index is 12.1. The van der Waals surface area contributed by atoms with Gasteiger partial charge in [-0.25, -0.2) is 4.79 Å². The number of carbonyl (C=O) groups is 1. The van der Waals surface area contributed by atoms with Gasteiger partial charge in [0.05, 0.1) is 12.1 Å². The summed E-state index contributed by atoms with van der Waals surface area (Å²) in [6.45, 7) is 5.73. The number of hydrogen-bond donors (Lipinski definition) is 0. The molecule has 1 saturated heterocycles. The van der Waals surface area contributed by atoms with Crippen LogP contribution in [0.15, 0.2) is 24.3 Å². The SMILES string of the molecule is CC(C)(C)OC(=O)N1C2CCc3ccccc3C21. The van der Waals surface area contributed by atoms with Gasteiger partial charge in [0.2, 0.25) is 0 Å². The molecule has 2 atom stereocenters. The summed E-state index contributed by atoms with van der Waals surface area (Å²) in [6, 6.07) is 9.03. The molecule has 1 aliphatic heterocycles. The lowest BCUT2D eigenvalue weighted by Gasteiger charge is -2.20. The zero-order chi connectivity index (χ0) is 12.9. The Labute approximate surface area is 108 Å². The fourth-order valence-electron chi connectivity index (χ4n) is 2.85. The van der Waals surface area contributed by atoms with Crippen molar-refractivity contribution in [3.63, 3.8) is 0 Å². The van der Waals surface area contributed by atoms with Crippen LogP contribution < -0.4 is 0 Å². The van der Waals surface area contributed by atoms with E-state index < -0.39 is 5.60 Å². The van der Waals surface area contributed by atoms with E-state index in [1.54, 1.807) is 0 Å². The van der Waals surface area contributed by atoms with Gasteiger partial charge in [-0.15, -0.1) is 0 Å². The van der Waals surface area contributed by atoms with Crippen LogP contribution >= 0.6 is 0 Å². The average Bonchev–Trinajstić information content (AvgIpc) is 3.01.